The minimum atomic E-state index is -3.47. The number of hydrogen-bond acceptors (Lipinski definition) is 4. The molecule has 0 aromatic carbocycles. The van der Waals surface area contributed by atoms with Crippen molar-refractivity contribution in [3.05, 3.63) is 17.4 Å². The normalized spacial score (nSPS) is 11.5. The molecule has 0 aliphatic heterocycles. The van der Waals surface area contributed by atoms with Crippen molar-refractivity contribution in [3.63, 3.8) is 0 Å². The van der Waals surface area contributed by atoms with Crippen LogP contribution in [0.5, 0.6) is 0 Å². The number of rotatable bonds is 2. The summed E-state index contributed by atoms with van der Waals surface area (Å²) in [6, 6.07) is 1.01. The van der Waals surface area contributed by atoms with Crippen molar-refractivity contribution in [2.75, 3.05) is 6.26 Å². The molecule has 0 atom stereocenters. The summed E-state index contributed by atoms with van der Waals surface area (Å²) in [6.07, 6.45) is 0.955. The Morgan fingerprint density at radius 2 is 2.08 bits per heavy atom. The molecule has 0 amide bonds. The van der Waals surface area contributed by atoms with Gasteiger partial charge in [0.1, 0.15) is 11.3 Å². The van der Waals surface area contributed by atoms with E-state index in [0.29, 0.717) is 0 Å². The lowest BCUT2D eigenvalue weighted by Crippen LogP contribution is -1.96. The van der Waals surface area contributed by atoms with Gasteiger partial charge < -0.3 is 9.52 Å². The predicted octanol–water partition coefficient (Wildman–Crippen LogP) is 0.690. The maximum atomic E-state index is 10.9. The summed E-state index contributed by atoms with van der Waals surface area (Å²) in [5, 5.41) is 8.27. The van der Waals surface area contributed by atoms with Crippen molar-refractivity contribution < 1.29 is 22.7 Å². The zero-order valence-corrected chi connectivity index (χ0v) is 7.88. The lowest BCUT2D eigenvalue weighted by Gasteiger charge is -1.87. The lowest BCUT2D eigenvalue weighted by atomic mass is 10.3. The predicted molar refractivity (Wildman–Crippen MR) is 43.5 cm³/mol. The van der Waals surface area contributed by atoms with Gasteiger partial charge in [-0.1, -0.05) is 0 Å². The Kier molecular flexibility index (Phi) is 2.17. The van der Waals surface area contributed by atoms with Crippen LogP contribution in [0.15, 0.2) is 15.6 Å². The second-order valence-electron chi connectivity index (χ2n) is 2.61. The Bertz CT molecular complexity index is 439. The molecule has 0 saturated carbocycles. The molecule has 0 radical (unpaired) electrons. The molecule has 0 spiro atoms. The fourth-order valence-electron chi connectivity index (χ4n) is 0.850. The van der Waals surface area contributed by atoms with Crippen molar-refractivity contribution in [2.24, 2.45) is 0 Å². The molecule has 6 heteroatoms. The summed E-state index contributed by atoms with van der Waals surface area (Å²) in [5.41, 5.74) is -0.125. The van der Waals surface area contributed by atoms with Gasteiger partial charge in [0.2, 0.25) is 14.9 Å². The van der Waals surface area contributed by atoms with Gasteiger partial charge in [-0.15, -0.1) is 0 Å². The van der Waals surface area contributed by atoms with Crippen LogP contribution in [0.25, 0.3) is 0 Å². The zero-order chi connectivity index (χ0) is 10.2. The fourth-order valence-corrected chi connectivity index (χ4v) is 1.46. The molecule has 1 N–H and O–H groups in total. The summed E-state index contributed by atoms with van der Waals surface area (Å²) in [6.45, 7) is 1.40. The number of sulfone groups is 1. The van der Waals surface area contributed by atoms with E-state index in [4.69, 9.17) is 9.52 Å². The zero-order valence-electron chi connectivity index (χ0n) is 7.07. The first-order chi connectivity index (χ1) is 5.82. The van der Waals surface area contributed by atoms with Crippen LogP contribution < -0.4 is 0 Å². The van der Waals surface area contributed by atoms with E-state index in [1.54, 1.807) is 0 Å². The average Bonchev–Trinajstić information content (AvgIpc) is 2.29. The minimum Gasteiger partial charge on any atom is -0.478 e. The summed E-state index contributed by atoms with van der Waals surface area (Å²) in [4.78, 5) is 10.5. The van der Waals surface area contributed by atoms with Gasteiger partial charge in [-0.05, 0) is 6.92 Å². The molecule has 0 saturated heterocycles. The van der Waals surface area contributed by atoms with Crippen molar-refractivity contribution >= 4 is 15.8 Å². The van der Waals surface area contributed by atoms with Crippen LogP contribution in [-0.2, 0) is 9.84 Å². The number of carbonyl (C=O) groups is 1. The second-order valence-corrected chi connectivity index (χ2v) is 4.56. The van der Waals surface area contributed by atoms with Gasteiger partial charge in [0.15, 0.2) is 0 Å². The molecule has 1 heterocycles. The molecule has 1 rings (SSSR count). The fraction of sp³-hybridized carbons (Fsp3) is 0.286. The molecule has 0 unspecified atom stereocenters. The van der Waals surface area contributed by atoms with Gasteiger partial charge in [-0.25, -0.2) is 13.2 Å². The number of aromatic carboxylic acids is 1. The quantitative estimate of drug-likeness (QED) is 0.766. The molecule has 1 aromatic rings. The van der Waals surface area contributed by atoms with Crippen molar-refractivity contribution in [1.82, 2.24) is 0 Å². The van der Waals surface area contributed by atoms with Crippen LogP contribution >= 0.6 is 0 Å². The third-order valence-corrected chi connectivity index (χ3v) is 2.42. The summed E-state index contributed by atoms with van der Waals surface area (Å²) in [5.74, 6) is -1.11. The third kappa shape index (κ3) is 1.89. The summed E-state index contributed by atoms with van der Waals surface area (Å²) in [7, 11) is -3.47. The highest BCUT2D eigenvalue weighted by Gasteiger charge is 2.19. The van der Waals surface area contributed by atoms with E-state index >= 15 is 0 Å². The van der Waals surface area contributed by atoms with Crippen molar-refractivity contribution in [3.8, 4) is 0 Å². The van der Waals surface area contributed by atoms with E-state index in [1.165, 1.54) is 6.92 Å². The average molecular weight is 204 g/mol. The van der Waals surface area contributed by atoms with Gasteiger partial charge in [0, 0.05) is 12.3 Å². The molecule has 0 aliphatic carbocycles. The van der Waals surface area contributed by atoms with Gasteiger partial charge in [0.25, 0.3) is 0 Å². The van der Waals surface area contributed by atoms with Crippen LogP contribution in [0, 0.1) is 6.92 Å². The van der Waals surface area contributed by atoms with Gasteiger partial charge in [-0.3, -0.25) is 0 Å². The van der Waals surface area contributed by atoms with Crippen molar-refractivity contribution in [2.45, 2.75) is 12.0 Å². The Morgan fingerprint density at radius 3 is 2.31 bits per heavy atom. The molecular weight excluding hydrogens is 196 g/mol. The van der Waals surface area contributed by atoms with Gasteiger partial charge >= 0.3 is 5.97 Å². The number of hydrogen-bond donors (Lipinski definition) is 1. The van der Waals surface area contributed by atoms with Crippen LogP contribution in [0.2, 0.25) is 0 Å². The first-order valence-electron chi connectivity index (χ1n) is 3.36. The number of furan rings is 1. The van der Waals surface area contributed by atoms with E-state index in [2.05, 4.69) is 0 Å². The number of carboxylic acids is 1. The molecule has 72 valence electrons. The van der Waals surface area contributed by atoms with Crippen LogP contribution in [0.3, 0.4) is 0 Å². The smallest absolute Gasteiger partial charge is 0.339 e. The number of carboxylic acid groups (broad SMARTS) is 1. The monoisotopic (exact) mass is 204 g/mol. The molecule has 13 heavy (non-hydrogen) atoms. The Balaban J connectivity index is 3.33. The van der Waals surface area contributed by atoms with E-state index in [9.17, 15) is 13.2 Å². The minimum absolute atomic E-state index is 0.0907. The van der Waals surface area contributed by atoms with Crippen LogP contribution in [0.1, 0.15) is 16.1 Å². The maximum absolute atomic E-state index is 10.9. The number of aryl methyl sites for hydroxylation is 1. The van der Waals surface area contributed by atoms with E-state index < -0.39 is 15.8 Å². The second kappa shape index (κ2) is 2.88. The van der Waals surface area contributed by atoms with Gasteiger partial charge in [0.05, 0.1) is 0 Å². The molecule has 0 fully saturated rings. The summed E-state index contributed by atoms with van der Waals surface area (Å²) >= 11 is 0. The molecule has 0 bridgehead atoms. The third-order valence-electron chi connectivity index (χ3n) is 1.49. The molecule has 5 nitrogen and oxygen atoms in total. The molecule has 0 aliphatic rings. The first-order valence-corrected chi connectivity index (χ1v) is 5.25. The SMILES string of the molecule is Cc1oc(S(C)(=O)=O)cc1C(=O)O. The van der Waals surface area contributed by atoms with E-state index in [1.807, 2.05) is 0 Å². The largest absolute Gasteiger partial charge is 0.478 e. The van der Waals surface area contributed by atoms with Crippen molar-refractivity contribution in [1.29, 1.82) is 0 Å². The topological polar surface area (TPSA) is 84.6 Å². The standard InChI is InChI=1S/C7H8O5S/c1-4-5(7(8)9)3-6(12-4)13(2,10)11/h3H,1-2H3,(H,8,9). The van der Waals surface area contributed by atoms with E-state index in [-0.39, 0.29) is 16.4 Å². The van der Waals surface area contributed by atoms with Crippen LogP contribution in [0.4, 0.5) is 0 Å². The highest BCUT2D eigenvalue weighted by atomic mass is 32.2. The lowest BCUT2D eigenvalue weighted by molar-refractivity contribution is 0.0695. The van der Waals surface area contributed by atoms with E-state index in [0.717, 1.165) is 12.3 Å². The molecule has 1 aromatic heterocycles. The Morgan fingerprint density at radius 1 is 1.54 bits per heavy atom. The maximum Gasteiger partial charge on any atom is 0.339 e. The highest BCUT2D eigenvalue weighted by Crippen LogP contribution is 2.18. The van der Waals surface area contributed by atoms with Gasteiger partial charge in [-0.2, -0.15) is 0 Å². The highest BCUT2D eigenvalue weighted by molar-refractivity contribution is 7.90. The molecular formula is C7H8O5S. The van der Waals surface area contributed by atoms with Crippen LogP contribution in [-0.4, -0.2) is 25.7 Å². The first kappa shape index (κ1) is 9.79. The Labute approximate surface area is 74.9 Å². The summed E-state index contributed by atoms with van der Waals surface area (Å²) < 4.78 is 26.6. The Hall–Kier alpha value is -1.30.